The molecule has 19 heavy (non-hydrogen) atoms. The maximum Gasteiger partial charge on any atom is 0.279 e. The van der Waals surface area contributed by atoms with Gasteiger partial charge in [0.05, 0.1) is 18.8 Å². The maximum atomic E-state index is 13.5. The van der Waals surface area contributed by atoms with Crippen LogP contribution in [0.5, 0.6) is 0 Å². The minimum atomic E-state index is -0.455. The van der Waals surface area contributed by atoms with E-state index in [0.717, 1.165) is 25.9 Å². The Kier molecular flexibility index (Phi) is 5.16. The van der Waals surface area contributed by atoms with Gasteiger partial charge in [-0.25, -0.2) is 4.39 Å². The smallest absolute Gasteiger partial charge is 0.279 e. The first-order valence-corrected chi connectivity index (χ1v) is 7.11. The molecule has 0 aliphatic carbocycles. The van der Waals surface area contributed by atoms with Gasteiger partial charge in [0.25, 0.3) is 5.91 Å². The molecule has 5 heteroatoms. The van der Waals surface area contributed by atoms with E-state index in [1.54, 1.807) is 0 Å². The predicted octanol–water partition coefficient (Wildman–Crippen LogP) is 1.88. The Morgan fingerprint density at radius 2 is 1.95 bits per heavy atom. The molecule has 0 radical (unpaired) electrons. The van der Waals surface area contributed by atoms with Crippen molar-refractivity contribution in [3.05, 3.63) is 29.0 Å². The van der Waals surface area contributed by atoms with Crippen LogP contribution in [0.4, 0.5) is 10.1 Å². The monoisotopic (exact) mass is 285 g/mol. The van der Waals surface area contributed by atoms with Crippen LogP contribution in [0.2, 0.25) is 5.02 Å². The van der Waals surface area contributed by atoms with Gasteiger partial charge in [-0.05, 0) is 43.9 Å². The molecule has 1 aromatic carbocycles. The van der Waals surface area contributed by atoms with Crippen LogP contribution < -0.4 is 10.2 Å². The molecule has 3 nitrogen and oxygen atoms in total. The van der Waals surface area contributed by atoms with E-state index in [1.807, 2.05) is 0 Å². The first kappa shape index (κ1) is 14.3. The number of nitrogens with one attached hydrogen (secondary N) is 2. The van der Waals surface area contributed by atoms with E-state index in [9.17, 15) is 9.18 Å². The summed E-state index contributed by atoms with van der Waals surface area (Å²) in [6, 6.07) is 4.16. The summed E-state index contributed by atoms with van der Waals surface area (Å²) >= 11 is 5.79. The molecule has 1 fully saturated rings. The second kappa shape index (κ2) is 6.87. The minimum Gasteiger partial charge on any atom is -0.327 e. The average molecular weight is 286 g/mol. The zero-order valence-electron chi connectivity index (χ0n) is 10.8. The zero-order valence-corrected chi connectivity index (χ0v) is 11.6. The Labute approximate surface area is 117 Å². The van der Waals surface area contributed by atoms with Gasteiger partial charge in [0, 0.05) is 5.02 Å². The molecule has 0 bridgehead atoms. The Bertz CT molecular complexity index is 445. The summed E-state index contributed by atoms with van der Waals surface area (Å²) in [6.45, 7) is 2.43. The lowest BCUT2D eigenvalue weighted by atomic mass is 10.2. The fourth-order valence-electron chi connectivity index (χ4n) is 2.42. The van der Waals surface area contributed by atoms with Gasteiger partial charge in [-0.3, -0.25) is 4.79 Å². The molecule has 2 N–H and O–H groups in total. The molecule has 1 amide bonds. The number of carbonyl (C=O) groups is 1. The average Bonchev–Trinajstić information content (AvgIpc) is 2.62. The van der Waals surface area contributed by atoms with Gasteiger partial charge in [-0.2, -0.15) is 0 Å². The van der Waals surface area contributed by atoms with Crippen molar-refractivity contribution in [2.75, 3.05) is 25.0 Å². The van der Waals surface area contributed by atoms with Crippen molar-refractivity contribution < 1.29 is 14.1 Å². The van der Waals surface area contributed by atoms with Crippen molar-refractivity contribution >= 4 is 23.2 Å². The van der Waals surface area contributed by atoms with Crippen LogP contribution in [0.1, 0.15) is 25.7 Å². The van der Waals surface area contributed by atoms with Gasteiger partial charge < -0.3 is 10.2 Å². The van der Waals surface area contributed by atoms with Gasteiger partial charge in [-0.1, -0.05) is 11.6 Å². The number of hydrogen-bond donors (Lipinski definition) is 2. The number of hydrogen-bond acceptors (Lipinski definition) is 1. The highest BCUT2D eigenvalue weighted by atomic mass is 35.5. The highest BCUT2D eigenvalue weighted by molar-refractivity contribution is 6.30. The number of rotatable bonds is 3. The molecule has 0 atom stereocenters. The number of carbonyl (C=O) groups excluding carboxylic acids is 1. The SMILES string of the molecule is O=C(C[NH+]1CCCCCC1)Nc1cc(Cl)ccc1F. The number of likely N-dealkylation sites (tertiary alicyclic amines) is 1. The summed E-state index contributed by atoms with van der Waals surface area (Å²) in [6.07, 6.45) is 4.81. The fraction of sp³-hybridized carbons (Fsp3) is 0.500. The highest BCUT2D eigenvalue weighted by Gasteiger charge is 2.17. The van der Waals surface area contributed by atoms with E-state index in [-0.39, 0.29) is 11.6 Å². The van der Waals surface area contributed by atoms with Gasteiger partial charge >= 0.3 is 0 Å². The van der Waals surface area contributed by atoms with Crippen molar-refractivity contribution in [1.82, 2.24) is 0 Å². The Hall–Kier alpha value is -1.13. The van der Waals surface area contributed by atoms with Crippen LogP contribution >= 0.6 is 11.6 Å². The van der Waals surface area contributed by atoms with Gasteiger partial charge in [0.15, 0.2) is 6.54 Å². The molecule has 0 unspecified atom stereocenters. The molecule has 0 saturated carbocycles. The van der Waals surface area contributed by atoms with E-state index >= 15 is 0 Å². The van der Waals surface area contributed by atoms with Gasteiger partial charge in [0.2, 0.25) is 0 Å². The Morgan fingerprint density at radius 3 is 2.63 bits per heavy atom. The molecular weight excluding hydrogens is 267 g/mol. The largest absolute Gasteiger partial charge is 0.327 e. The summed E-state index contributed by atoms with van der Waals surface area (Å²) in [7, 11) is 0. The molecule has 104 valence electrons. The highest BCUT2D eigenvalue weighted by Crippen LogP contribution is 2.19. The van der Waals surface area contributed by atoms with E-state index in [0.29, 0.717) is 11.6 Å². The number of quaternary nitrogens is 1. The summed E-state index contributed by atoms with van der Waals surface area (Å²) < 4.78 is 13.5. The molecule has 1 saturated heterocycles. The van der Waals surface area contributed by atoms with Crippen LogP contribution in [-0.2, 0) is 4.79 Å². The van der Waals surface area contributed by atoms with E-state index < -0.39 is 5.82 Å². The van der Waals surface area contributed by atoms with Gasteiger partial charge in [-0.15, -0.1) is 0 Å². The molecule has 1 heterocycles. The molecule has 0 aromatic heterocycles. The van der Waals surface area contributed by atoms with E-state index in [1.165, 1.54) is 35.9 Å². The normalized spacial score (nSPS) is 16.9. The predicted molar refractivity (Wildman–Crippen MR) is 74.1 cm³/mol. The summed E-state index contributed by atoms with van der Waals surface area (Å²) in [5, 5.41) is 3.02. The lowest BCUT2D eigenvalue weighted by molar-refractivity contribution is -0.890. The van der Waals surface area contributed by atoms with E-state index in [2.05, 4.69) is 5.32 Å². The second-order valence-electron chi connectivity index (χ2n) is 5.01. The molecule has 1 aliphatic rings. The lowest BCUT2D eigenvalue weighted by Gasteiger charge is -2.16. The number of amides is 1. The minimum absolute atomic E-state index is 0.155. The van der Waals surface area contributed by atoms with Crippen LogP contribution in [-0.4, -0.2) is 25.5 Å². The van der Waals surface area contributed by atoms with Crippen molar-refractivity contribution in [2.45, 2.75) is 25.7 Å². The molecule has 0 spiro atoms. The van der Waals surface area contributed by atoms with Crippen LogP contribution in [0.15, 0.2) is 18.2 Å². The quantitative estimate of drug-likeness (QED) is 0.873. The van der Waals surface area contributed by atoms with Crippen LogP contribution in [0, 0.1) is 5.82 Å². The Balaban J connectivity index is 1.91. The topological polar surface area (TPSA) is 33.5 Å². The standard InChI is InChI=1S/C14H18ClFN2O/c15-11-5-6-12(16)13(9-11)17-14(19)10-18-7-3-1-2-4-8-18/h5-6,9H,1-4,7-8,10H2,(H,17,19)/p+1. The van der Waals surface area contributed by atoms with Crippen LogP contribution in [0.3, 0.4) is 0 Å². The number of anilines is 1. The maximum absolute atomic E-state index is 13.5. The first-order valence-electron chi connectivity index (χ1n) is 6.73. The molecule has 1 aliphatic heterocycles. The van der Waals surface area contributed by atoms with E-state index in [4.69, 9.17) is 11.6 Å². The van der Waals surface area contributed by atoms with Crippen molar-refractivity contribution in [3.8, 4) is 0 Å². The fourth-order valence-corrected chi connectivity index (χ4v) is 2.59. The lowest BCUT2D eigenvalue weighted by Crippen LogP contribution is -3.12. The summed E-state index contributed by atoms with van der Waals surface area (Å²) in [4.78, 5) is 13.2. The first-order chi connectivity index (χ1) is 9.15. The Morgan fingerprint density at radius 1 is 1.26 bits per heavy atom. The molecule has 2 rings (SSSR count). The van der Waals surface area contributed by atoms with Crippen molar-refractivity contribution in [3.63, 3.8) is 0 Å². The second-order valence-corrected chi connectivity index (χ2v) is 5.45. The van der Waals surface area contributed by atoms with Crippen molar-refractivity contribution in [1.29, 1.82) is 0 Å². The number of benzene rings is 1. The number of halogens is 2. The molecular formula is C14H19ClFN2O+. The van der Waals surface area contributed by atoms with Crippen molar-refractivity contribution in [2.24, 2.45) is 0 Å². The van der Waals surface area contributed by atoms with Crippen LogP contribution in [0.25, 0.3) is 0 Å². The molecule has 1 aromatic rings. The summed E-state index contributed by atoms with van der Waals surface area (Å²) in [5.41, 5.74) is 0.159. The van der Waals surface area contributed by atoms with Gasteiger partial charge in [0.1, 0.15) is 5.82 Å². The third-order valence-corrected chi connectivity index (χ3v) is 3.66. The third-order valence-electron chi connectivity index (χ3n) is 3.42. The summed E-state index contributed by atoms with van der Waals surface area (Å²) in [5.74, 6) is -0.610. The zero-order chi connectivity index (χ0) is 13.7. The third kappa shape index (κ3) is 4.48.